The van der Waals surface area contributed by atoms with Crippen LogP contribution in [0.3, 0.4) is 0 Å². The minimum Gasteiger partial charge on any atom is -0.497 e. The van der Waals surface area contributed by atoms with E-state index in [4.69, 9.17) is 9.84 Å². The van der Waals surface area contributed by atoms with Gasteiger partial charge in [-0.15, -0.1) is 0 Å². The molecule has 1 aliphatic heterocycles. The topological polar surface area (TPSA) is 52.0 Å². The monoisotopic (exact) mass is 320 g/mol. The van der Waals surface area contributed by atoms with Gasteiger partial charge in [-0.25, -0.2) is 4.68 Å². The average Bonchev–Trinajstić information content (AvgIpc) is 2.84. The molecule has 0 amide bonds. The molecule has 1 N–H and O–H groups in total. The maximum atomic E-state index is 5.26. The van der Waals surface area contributed by atoms with Gasteiger partial charge in [0.2, 0.25) is 0 Å². The third-order valence-corrected chi connectivity index (χ3v) is 4.35. The molecule has 0 spiro atoms. The Labute approximate surface area is 141 Å². The highest BCUT2D eigenvalue weighted by atomic mass is 16.5. The molecule has 24 heavy (non-hydrogen) atoms. The maximum Gasteiger partial charge on any atom is 0.133 e. The van der Waals surface area contributed by atoms with Crippen LogP contribution in [0.4, 0.5) is 5.82 Å². The van der Waals surface area contributed by atoms with Gasteiger partial charge in [-0.3, -0.25) is 4.98 Å². The Morgan fingerprint density at radius 3 is 2.71 bits per heavy atom. The third kappa shape index (κ3) is 2.62. The lowest BCUT2D eigenvalue weighted by molar-refractivity contribution is 0.414. The van der Waals surface area contributed by atoms with Gasteiger partial charge in [-0.2, -0.15) is 5.10 Å². The van der Waals surface area contributed by atoms with Crippen molar-refractivity contribution in [1.82, 2.24) is 14.8 Å². The number of hydrogen-bond acceptors (Lipinski definition) is 4. The second kappa shape index (κ2) is 6.35. The molecule has 3 aromatic rings. The lowest BCUT2D eigenvalue weighted by atomic mass is 10.1. The third-order valence-electron chi connectivity index (χ3n) is 4.35. The highest BCUT2D eigenvalue weighted by Crippen LogP contribution is 2.33. The molecule has 0 aliphatic carbocycles. The number of rotatable bonds is 3. The summed E-state index contributed by atoms with van der Waals surface area (Å²) in [5, 5.41) is 8.43. The van der Waals surface area contributed by atoms with E-state index in [1.165, 1.54) is 12.0 Å². The summed E-state index contributed by atoms with van der Waals surface area (Å²) >= 11 is 0. The summed E-state index contributed by atoms with van der Waals surface area (Å²) in [7, 11) is 1.68. The van der Waals surface area contributed by atoms with Gasteiger partial charge in [0, 0.05) is 18.3 Å². The first-order chi connectivity index (χ1) is 11.9. The van der Waals surface area contributed by atoms with E-state index >= 15 is 0 Å². The minimum absolute atomic E-state index is 0.843. The Morgan fingerprint density at radius 1 is 1.08 bits per heavy atom. The standard InChI is InChI=1S/C19H20N4O/c1-24-15-10-8-14(9-11-15)23-19-16(6-2-4-13-21-19)18(22-23)17-7-3-5-12-20-17/h3,5,7-12,21H,2,4,6,13H2,1H3. The van der Waals surface area contributed by atoms with Crippen LogP contribution in [0.5, 0.6) is 5.75 Å². The molecule has 1 aliphatic rings. The van der Waals surface area contributed by atoms with E-state index in [1.54, 1.807) is 7.11 Å². The zero-order chi connectivity index (χ0) is 16.4. The van der Waals surface area contributed by atoms with Crippen LogP contribution in [0.2, 0.25) is 0 Å². The summed E-state index contributed by atoms with van der Waals surface area (Å²) in [6.45, 7) is 0.969. The first-order valence-corrected chi connectivity index (χ1v) is 8.28. The van der Waals surface area contributed by atoms with Crippen LogP contribution < -0.4 is 10.1 Å². The summed E-state index contributed by atoms with van der Waals surface area (Å²) < 4.78 is 7.25. The van der Waals surface area contributed by atoms with E-state index in [2.05, 4.69) is 10.3 Å². The van der Waals surface area contributed by atoms with Crippen LogP contribution in [0.25, 0.3) is 17.1 Å². The van der Waals surface area contributed by atoms with Crippen LogP contribution in [-0.4, -0.2) is 28.4 Å². The molecule has 5 nitrogen and oxygen atoms in total. The van der Waals surface area contributed by atoms with Crippen molar-refractivity contribution in [3.63, 3.8) is 0 Å². The Hall–Kier alpha value is -2.82. The van der Waals surface area contributed by atoms with Crippen molar-refractivity contribution in [3.8, 4) is 22.8 Å². The van der Waals surface area contributed by atoms with Crippen LogP contribution in [0.1, 0.15) is 18.4 Å². The molecule has 2 aromatic heterocycles. The minimum atomic E-state index is 0.843. The lowest BCUT2D eigenvalue weighted by Crippen LogP contribution is -2.07. The molecule has 0 unspecified atom stereocenters. The summed E-state index contributed by atoms with van der Waals surface area (Å²) in [6, 6.07) is 13.9. The second-order valence-electron chi connectivity index (χ2n) is 5.88. The molecule has 0 bridgehead atoms. The molecule has 0 saturated heterocycles. The number of nitrogens with one attached hydrogen (secondary N) is 1. The Balaban J connectivity index is 1.86. The number of hydrogen-bond donors (Lipinski definition) is 1. The van der Waals surface area contributed by atoms with Gasteiger partial charge in [-0.05, 0) is 55.7 Å². The fraction of sp³-hybridized carbons (Fsp3) is 0.263. The molecule has 0 radical (unpaired) electrons. The average molecular weight is 320 g/mol. The fourth-order valence-corrected chi connectivity index (χ4v) is 3.12. The number of anilines is 1. The Morgan fingerprint density at radius 2 is 1.96 bits per heavy atom. The van der Waals surface area contributed by atoms with E-state index in [0.717, 1.165) is 48.0 Å². The van der Waals surface area contributed by atoms with Gasteiger partial charge in [0.05, 0.1) is 18.5 Å². The summed E-state index contributed by atoms with van der Waals surface area (Å²) in [5.74, 6) is 1.92. The number of ether oxygens (including phenoxy) is 1. The predicted octanol–water partition coefficient (Wildman–Crippen LogP) is 3.69. The molecule has 3 heterocycles. The van der Waals surface area contributed by atoms with E-state index in [1.807, 2.05) is 53.3 Å². The zero-order valence-electron chi connectivity index (χ0n) is 13.7. The molecule has 5 heteroatoms. The van der Waals surface area contributed by atoms with Crippen molar-refractivity contribution in [2.75, 3.05) is 19.0 Å². The normalized spacial score (nSPS) is 13.7. The summed E-state index contributed by atoms with van der Waals surface area (Å²) in [4.78, 5) is 4.50. The largest absolute Gasteiger partial charge is 0.497 e. The van der Waals surface area contributed by atoms with Gasteiger partial charge in [-0.1, -0.05) is 6.07 Å². The molecular formula is C19H20N4O. The number of benzene rings is 1. The first kappa shape index (κ1) is 14.8. The van der Waals surface area contributed by atoms with E-state index in [9.17, 15) is 0 Å². The molecule has 4 rings (SSSR count). The van der Waals surface area contributed by atoms with Crippen molar-refractivity contribution in [1.29, 1.82) is 0 Å². The predicted molar refractivity (Wildman–Crippen MR) is 94.8 cm³/mol. The van der Waals surface area contributed by atoms with Gasteiger partial charge in [0.1, 0.15) is 17.3 Å². The van der Waals surface area contributed by atoms with Gasteiger partial charge in [0.25, 0.3) is 0 Å². The number of nitrogens with zero attached hydrogens (tertiary/aromatic N) is 3. The number of pyridine rings is 1. The lowest BCUT2D eigenvalue weighted by Gasteiger charge is -2.09. The Kier molecular flexibility index (Phi) is 3.91. The molecule has 0 atom stereocenters. The number of methoxy groups -OCH3 is 1. The van der Waals surface area contributed by atoms with Crippen molar-refractivity contribution >= 4 is 5.82 Å². The van der Waals surface area contributed by atoms with Crippen LogP contribution >= 0.6 is 0 Å². The zero-order valence-corrected chi connectivity index (χ0v) is 13.7. The van der Waals surface area contributed by atoms with Crippen LogP contribution in [0, 0.1) is 0 Å². The number of aromatic nitrogens is 3. The van der Waals surface area contributed by atoms with Gasteiger partial charge in [0.15, 0.2) is 0 Å². The van der Waals surface area contributed by atoms with E-state index in [0.29, 0.717) is 0 Å². The van der Waals surface area contributed by atoms with Crippen molar-refractivity contribution in [3.05, 3.63) is 54.2 Å². The fourth-order valence-electron chi connectivity index (χ4n) is 3.12. The Bertz CT molecular complexity index is 825. The summed E-state index contributed by atoms with van der Waals surface area (Å²) in [5.41, 5.74) is 4.16. The van der Waals surface area contributed by atoms with Crippen LogP contribution in [-0.2, 0) is 6.42 Å². The highest BCUT2D eigenvalue weighted by molar-refractivity contribution is 5.69. The molecule has 0 saturated carbocycles. The van der Waals surface area contributed by atoms with Crippen LogP contribution in [0.15, 0.2) is 48.7 Å². The quantitative estimate of drug-likeness (QED) is 0.799. The highest BCUT2D eigenvalue weighted by Gasteiger charge is 2.22. The van der Waals surface area contributed by atoms with Gasteiger partial charge >= 0.3 is 0 Å². The van der Waals surface area contributed by atoms with Gasteiger partial charge < -0.3 is 10.1 Å². The molecular weight excluding hydrogens is 300 g/mol. The second-order valence-corrected chi connectivity index (χ2v) is 5.88. The molecule has 1 aromatic carbocycles. The van der Waals surface area contributed by atoms with E-state index in [-0.39, 0.29) is 0 Å². The van der Waals surface area contributed by atoms with Crippen molar-refractivity contribution in [2.24, 2.45) is 0 Å². The van der Waals surface area contributed by atoms with Crippen molar-refractivity contribution < 1.29 is 4.74 Å². The van der Waals surface area contributed by atoms with E-state index < -0.39 is 0 Å². The molecule has 122 valence electrons. The van der Waals surface area contributed by atoms with Crippen molar-refractivity contribution in [2.45, 2.75) is 19.3 Å². The smallest absolute Gasteiger partial charge is 0.133 e. The SMILES string of the molecule is COc1ccc(-n2nc(-c3ccccn3)c3c2NCCCC3)cc1. The maximum absolute atomic E-state index is 5.26. The summed E-state index contributed by atoms with van der Waals surface area (Å²) in [6.07, 6.45) is 5.16. The first-order valence-electron chi connectivity index (χ1n) is 8.28. The number of fused-ring (bicyclic) bond motifs is 1. The molecule has 0 fully saturated rings.